The number of amides is 1. The lowest BCUT2D eigenvalue weighted by atomic mass is 10.1. The van der Waals surface area contributed by atoms with Crippen molar-refractivity contribution >= 4 is 29.9 Å². The Bertz CT molecular complexity index is 464. The van der Waals surface area contributed by atoms with Gasteiger partial charge in [0.25, 0.3) is 5.91 Å². The highest BCUT2D eigenvalue weighted by molar-refractivity contribution is 6.31. The summed E-state index contributed by atoms with van der Waals surface area (Å²) in [4.78, 5) is 14.4. The first kappa shape index (κ1) is 17.2. The van der Waals surface area contributed by atoms with E-state index in [-0.39, 0.29) is 29.4 Å². The predicted octanol–water partition coefficient (Wildman–Crippen LogP) is 3.12. The van der Waals surface area contributed by atoms with Crippen LogP contribution in [0.3, 0.4) is 0 Å². The second-order valence-electron chi connectivity index (χ2n) is 4.77. The van der Waals surface area contributed by atoms with Crippen LogP contribution in [0.5, 0.6) is 0 Å². The zero-order valence-corrected chi connectivity index (χ0v) is 12.9. The van der Waals surface area contributed by atoms with E-state index in [0.717, 1.165) is 25.9 Å². The van der Waals surface area contributed by atoms with Crippen molar-refractivity contribution in [3.63, 3.8) is 0 Å². The largest absolute Gasteiger partial charge is 0.334 e. The van der Waals surface area contributed by atoms with E-state index in [1.165, 1.54) is 18.2 Å². The fraction of sp³-hybridized carbons (Fsp3) is 0.500. The summed E-state index contributed by atoms with van der Waals surface area (Å²) in [6, 6.07) is 4.36. The Kier molecular flexibility index (Phi) is 6.72. The smallest absolute Gasteiger partial charge is 0.254 e. The molecule has 0 saturated carbocycles. The topological polar surface area (TPSA) is 32.3 Å². The van der Waals surface area contributed by atoms with Crippen molar-refractivity contribution in [2.24, 2.45) is 0 Å². The molecule has 0 spiro atoms. The minimum absolute atomic E-state index is 0. The van der Waals surface area contributed by atoms with E-state index in [1.54, 1.807) is 0 Å². The van der Waals surface area contributed by atoms with Crippen molar-refractivity contribution in [3.05, 3.63) is 34.6 Å². The molecule has 20 heavy (non-hydrogen) atoms. The molecule has 1 fully saturated rings. The minimum atomic E-state index is -0.497. The average Bonchev–Trinajstić information content (AvgIpc) is 2.92. The van der Waals surface area contributed by atoms with Gasteiger partial charge in [-0.25, -0.2) is 4.39 Å². The Morgan fingerprint density at radius 1 is 1.55 bits per heavy atom. The lowest BCUT2D eigenvalue weighted by molar-refractivity contribution is 0.0692. The van der Waals surface area contributed by atoms with Gasteiger partial charge in [0.05, 0.1) is 5.02 Å². The lowest BCUT2D eigenvalue weighted by Crippen LogP contribution is -2.42. The number of hydrogen-bond donors (Lipinski definition) is 1. The van der Waals surface area contributed by atoms with Gasteiger partial charge in [-0.2, -0.15) is 0 Å². The molecule has 1 N–H and O–H groups in total. The van der Waals surface area contributed by atoms with Crippen LogP contribution in [-0.4, -0.2) is 36.5 Å². The highest BCUT2D eigenvalue weighted by Crippen LogP contribution is 2.19. The van der Waals surface area contributed by atoms with Crippen LogP contribution in [0.1, 0.15) is 30.1 Å². The highest BCUT2D eigenvalue weighted by atomic mass is 35.5. The van der Waals surface area contributed by atoms with E-state index in [4.69, 9.17) is 11.6 Å². The Balaban J connectivity index is 0.00000200. The molecule has 0 aliphatic carbocycles. The van der Waals surface area contributed by atoms with Crippen molar-refractivity contribution in [2.75, 3.05) is 19.6 Å². The fourth-order valence-electron chi connectivity index (χ4n) is 2.39. The van der Waals surface area contributed by atoms with Crippen molar-refractivity contribution in [3.8, 4) is 0 Å². The maximum absolute atomic E-state index is 13.1. The van der Waals surface area contributed by atoms with Gasteiger partial charge in [0.15, 0.2) is 0 Å². The van der Waals surface area contributed by atoms with Gasteiger partial charge in [-0.1, -0.05) is 18.5 Å². The number of hydrogen-bond acceptors (Lipinski definition) is 2. The number of carbonyl (C=O) groups excluding carboxylic acids is 1. The molecule has 1 unspecified atom stereocenters. The number of rotatable bonds is 4. The first-order valence-corrected chi connectivity index (χ1v) is 6.98. The summed E-state index contributed by atoms with van der Waals surface area (Å²) in [6.07, 6.45) is 1.86. The van der Waals surface area contributed by atoms with Crippen LogP contribution in [0.15, 0.2) is 18.2 Å². The Labute approximate surface area is 129 Å². The minimum Gasteiger partial charge on any atom is -0.334 e. The van der Waals surface area contributed by atoms with Gasteiger partial charge in [0.2, 0.25) is 0 Å². The van der Waals surface area contributed by atoms with Gasteiger partial charge in [0.1, 0.15) is 5.82 Å². The van der Waals surface area contributed by atoms with Gasteiger partial charge in [-0.15, -0.1) is 12.4 Å². The SMILES string of the molecule is CCCN(C(=O)c1ccc(F)c(Cl)c1)C1CCNC1.Cl. The van der Waals surface area contributed by atoms with Gasteiger partial charge >= 0.3 is 0 Å². The molecular weight excluding hydrogens is 302 g/mol. The number of benzene rings is 1. The third kappa shape index (κ3) is 3.84. The third-order valence-corrected chi connectivity index (χ3v) is 3.66. The molecule has 3 nitrogen and oxygen atoms in total. The van der Waals surface area contributed by atoms with E-state index in [2.05, 4.69) is 5.32 Å². The van der Waals surface area contributed by atoms with Gasteiger partial charge < -0.3 is 10.2 Å². The van der Waals surface area contributed by atoms with Crippen molar-refractivity contribution in [1.82, 2.24) is 10.2 Å². The molecule has 1 aromatic rings. The molecule has 112 valence electrons. The molecule has 1 heterocycles. The summed E-state index contributed by atoms with van der Waals surface area (Å²) < 4.78 is 13.1. The summed E-state index contributed by atoms with van der Waals surface area (Å²) >= 11 is 5.74. The zero-order chi connectivity index (χ0) is 13.8. The summed E-state index contributed by atoms with van der Waals surface area (Å²) in [7, 11) is 0. The second-order valence-corrected chi connectivity index (χ2v) is 5.18. The molecule has 1 amide bonds. The maximum Gasteiger partial charge on any atom is 0.254 e. The molecule has 1 atom stereocenters. The van der Waals surface area contributed by atoms with Crippen LogP contribution in [0.2, 0.25) is 5.02 Å². The fourth-order valence-corrected chi connectivity index (χ4v) is 2.57. The van der Waals surface area contributed by atoms with Crippen molar-refractivity contribution in [2.45, 2.75) is 25.8 Å². The average molecular weight is 321 g/mol. The van der Waals surface area contributed by atoms with Crippen LogP contribution in [0.25, 0.3) is 0 Å². The van der Waals surface area contributed by atoms with Crippen LogP contribution >= 0.6 is 24.0 Å². The van der Waals surface area contributed by atoms with Gasteiger partial charge in [0, 0.05) is 24.7 Å². The highest BCUT2D eigenvalue weighted by Gasteiger charge is 2.26. The lowest BCUT2D eigenvalue weighted by Gasteiger charge is -2.28. The Morgan fingerprint density at radius 3 is 2.85 bits per heavy atom. The molecule has 1 saturated heterocycles. The standard InChI is InChI=1S/C14H18ClFN2O.ClH/c1-2-7-18(11-5-6-17-9-11)14(19)10-3-4-13(16)12(15)8-10;/h3-4,8,11,17H,2,5-7,9H2,1H3;1H. The van der Waals surface area contributed by atoms with Crippen molar-refractivity contribution < 1.29 is 9.18 Å². The summed E-state index contributed by atoms with van der Waals surface area (Å²) in [5.41, 5.74) is 0.451. The van der Waals surface area contributed by atoms with E-state index >= 15 is 0 Å². The van der Waals surface area contributed by atoms with Crippen LogP contribution in [0, 0.1) is 5.82 Å². The van der Waals surface area contributed by atoms with Gasteiger partial charge in [-0.05, 0) is 37.6 Å². The summed E-state index contributed by atoms with van der Waals surface area (Å²) in [6.45, 7) is 4.50. The number of carbonyl (C=O) groups is 1. The predicted molar refractivity (Wildman–Crippen MR) is 81.3 cm³/mol. The van der Waals surface area contributed by atoms with E-state index in [1.807, 2.05) is 11.8 Å². The number of halogens is 3. The Hall–Kier alpha value is -0.840. The number of nitrogens with zero attached hydrogens (tertiary/aromatic N) is 1. The number of nitrogens with one attached hydrogen (secondary N) is 1. The van der Waals surface area contributed by atoms with Crippen LogP contribution < -0.4 is 5.32 Å². The molecule has 6 heteroatoms. The van der Waals surface area contributed by atoms with E-state index in [9.17, 15) is 9.18 Å². The molecule has 1 aliphatic rings. The molecule has 1 aromatic carbocycles. The van der Waals surface area contributed by atoms with E-state index < -0.39 is 5.82 Å². The van der Waals surface area contributed by atoms with Crippen LogP contribution in [-0.2, 0) is 0 Å². The van der Waals surface area contributed by atoms with E-state index in [0.29, 0.717) is 12.1 Å². The monoisotopic (exact) mass is 320 g/mol. The second kappa shape index (κ2) is 7.81. The zero-order valence-electron chi connectivity index (χ0n) is 11.4. The van der Waals surface area contributed by atoms with Crippen LogP contribution in [0.4, 0.5) is 4.39 Å². The van der Waals surface area contributed by atoms with Gasteiger partial charge in [-0.3, -0.25) is 4.79 Å². The quantitative estimate of drug-likeness (QED) is 0.924. The maximum atomic E-state index is 13.1. The first-order valence-electron chi connectivity index (χ1n) is 6.60. The third-order valence-electron chi connectivity index (χ3n) is 3.37. The molecule has 1 aliphatic heterocycles. The first-order chi connectivity index (χ1) is 9.13. The normalized spacial score (nSPS) is 17.6. The Morgan fingerprint density at radius 2 is 2.30 bits per heavy atom. The van der Waals surface area contributed by atoms with Crippen molar-refractivity contribution in [1.29, 1.82) is 0 Å². The molecular formula is C14H19Cl2FN2O. The summed E-state index contributed by atoms with van der Waals surface area (Å²) in [5, 5.41) is 3.25. The molecule has 2 rings (SSSR count). The molecule has 0 radical (unpaired) electrons. The summed E-state index contributed by atoms with van der Waals surface area (Å²) in [5.74, 6) is -0.569. The molecule has 0 bridgehead atoms. The molecule has 0 aromatic heterocycles.